The van der Waals surface area contributed by atoms with Crippen LogP contribution >= 0.6 is 12.4 Å². The van der Waals surface area contributed by atoms with Gasteiger partial charge >= 0.3 is 0 Å². The van der Waals surface area contributed by atoms with Crippen molar-refractivity contribution in [1.29, 1.82) is 10.8 Å². The van der Waals surface area contributed by atoms with Gasteiger partial charge in [0.25, 0.3) is 0 Å². The van der Waals surface area contributed by atoms with Crippen molar-refractivity contribution in [2.75, 3.05) is 23.7 Å². The first-order valence-electron chi connectivity index (χ1n) is 7.93. The lowest BCUT2D eigenvalue weighted by Crippen LogP contribution is -2.11. The number of nitrogens with two attached hydrogens (primary N) is 2. The highest BCUT2D eigenvalue weighted by molar-refractivity contribution is 5.95. The van der Waals surface area contributed by atoms with E-state index in [-0.39, 0.29) is 24.1 Å². The van der Waals surface area contributed by atoms with E-state index in [2.05, 4.69) is 10.6 Å². The average molecular weight is 361 g/mol. The number of amidine groups is 2. The van der Waals surface area contributed by atoms with Crippen LogP contribution in [0.5, 0.6) is 0 Å². The highest BCUT2D eigenvalue weighted by Crippen LogP contribution is 2.11. The maximum Gasteiger partial charge on any atom is 0.122 e. The molecule has 0 aliphatic carbocycles. The Hall–Kier alpha value is -2.73. The summed E-state index contributed by atoms with van der Waals surface area (Å²) < 4.78 is 0. The molecule has 2 aromatic carbocycles. The lowest BCUT2D eigenvalue weighted by molar-refractivity contribution is 0.796. The summed E-state index contributed by atoms with van der Waals surface area (Å²) in [5.41, 5.74) is 14.4. The van der Waals surface area contributed by atoms with Crippen LogP contribution in [0.15, 0.2) is 48.5 Å². The van der Waals surface area contributed by atoms with Crippen LogP contribution in [0.2, 0.25) is 0 Å². The van der Waals surface area contributed by atoms with Crippen LogP contribution in [0.25, 0.3) is 0 Å². The van der Waals surface area contributed by atoms with Gasteiger partial charge < -0.3 is 22.1 Å². The minimum absolute atomic E-state index is 0. The Kier molecular flexibility index (Phi) is 8.29. The third-order valence-corrected chi connectivity index (χ3v) is 3.65. The van der Waals surface area contributed by atoms with Gasteiger partial charge in [-0.2, -0.15) is 0 Å². The van der Waals surface area contributed by atoms with Crippen molar-refractivity contribution in [3.63, 3.8) is 0 Å². The van der Waals surface area contributed by atoms with Gasteiger partial charge in [-0.3, -0.25) is 10.8 Å². The van der Waals surface area contributed by atoms with Gasteiger partial charge in [0, 0.05) is 35.6 Å². The molecule has 7 heteroatoms. The number of hydrogen-bond donors (Lipinski definition) is 6. The summed E-state index contributed by atoms with van der Waals surface area (Å²) in [6, 6.07) is 15.1. The largest absolute Gasteiger partial charge is 0.385 e. The second-order valence-corrected chi connectivity index (χ2v) is 5.54. The zero-order valence-corrected chi connectivity index (χ0v) is 14.8. The molecule has 0 aliphatic rings. The molecule has 0 unspecified atom stereocenters. The molecule has 0 saturated heterocycles. The third kappa shape index (κ3) is 6.73. The predicted molar refractivity (Wildman–Crippen MR) is 108 cm³/mol. The third-order valence-electron chi connectivity index (χ3n) is 3.65. The summed E-state index contributed by atoms with van der Waals surface area (Å²) >= 11 is 0. The Labute approximate surface area is 154 Å². The number of anilines is 2. The van der Waals surface area contributed by atoms with E-state index >= 15 is 0 Å². The van der Waals surface area contributed by atoms with Crippen LogP contribution < -0.4 is 22.1 Å². The van der Waals surface area contributed by atoms with Crippen molar-refractivity contribution in [1.82, 2.24) is 0 Å². The monoisotopic (exact) mass is 360 g/mol. The number of rotatable bonds is 9. The van der Waals surface area contributed by atoms with Crippen molar-refractivity contribution in [2.45, 2.75) is 12.8 Å². The summed E-state index contributed by atoms with van der Waals surface area (Å²) in [4.78, 5) is 0. The van der Waals surface area contributed by atoms with Gasteiger partial charge in [0.2, 0.25) is 0 Å². The fourth-order valence-electron chi connectivity index (χ4n) is 2.25. The molecule has 0 bridgehead atoms. The Morgan fingerprint density at radius 1 is 0.680 bits per heavy atom. The molecule has 0 amide bonds. The molecule has 8 N–H and O–H groups in total. The van der Waals surface area contributed by atoms with E-state index in [0.717, 1.165) is 48.4 Å². The second kappa shape index (κ2) is 10.2. The number of halogens is 1. The Bertz CT molecular complexity index is 620. The highest BCUT2D eigenvalue weighted by Gasteiger charge is 1.98. The van der Waals surface area contributed by atoms with Crippen LogP contribution in [-0.4, -0.2) is 24.8 Å². The van der Waals surface area contributed by atoms with Crippen molar-refractivity contribution in [2.24, 2.45) is 11.5 Å². The van der Waals surface area contributed by atoms with Crippen LogP contribution in [0.1, 0.15) is 24.0 Å². The normalized spacial score (nSPS) is 9.76. The van der Waals surface area contributed by atoms with E-state index in [1.54, 1.807) is 0 Å². The Balaban J connectivity index is 0.00000312. The minimum Gasteiger partial charge on any atom is -0.385 e. The summed E-state index contributed by atoms with van der Waals surface area (Å²) in [6.07, 6.45) is 2.10. The van der Waals surface area contributed by atoms with E-state index in [9.17, 15) is 0 Å². The van der Waals surface area contributed by atoms with Crippen LogP contribution in [-0.2, 0) is 0 Å². The fourth-order valence-corrected chi connectivity index (χ4v) is 2.25. The second-order valence-electron chi connectivity index (χ2n) is 5.54. The molecule has 25 heavy (non-hydrogen) atoms. The maximum atomic E-state index is 7.36. The molecular weight excluding hydrogens is 336 g/mol. The average Bonchev–Trinajstić information content (AvgIpc) is 2.58. The highest BCUT2D eigenvalue weighted by atomic mass is 35.5. The molecule has 0 saturated carbocycles. The SMILES string of the molecule is Cl.N=C(N)c1ccc(NCCCCNc2ccc(C(=N)N)cc2)cc1. The molecule has 0 aromatic heterocycles. The molecule has 0 spiro atoms. The smallest absolute Gasteiger partial charge is 0.122 e. The van der Waals surface area contributed by atoms with Crippen molar-refractivity contribution in [3.05, 3.63) is 59.7 Å². The minimum atomic E-state index is 0. The molecule has 0 radical (unpaired) electrons. The Morgan fingerprint density at radius 3 is 1.28 bits per heavy atom. The lowest BCUT2D eigenvalue weighted by atomic mass is 10.2. The zero-order valence-electron chi connectivity index (χ0n) is 14.0. The fraction of sp³-hybridized carbons (Fsp3) is 0.222. The van der Waals surface area contributed by atoms with Gasteiger partial charge in [0.05, 0.1) is 0 Å². The molecule has 0 heterocycles. The number of benzene rings is 2. The van der Waals surface area contributed by atoms with Gasteiger partial charge in [0.1, 0.15) is 11.7 Å². The molecule has 2 aromatic rings. The molecule has 0 aliphatic heterocycles. The van der Waals surface area contributed by atoms with E-state index in [0.29, 0.717) is 0 Å². The van der Waals surface area contributed by atoms with Crippen molar-refractivity contribution in [3.8, 4) is 0 Å². The standard InChI is InChI=1S/C18H24N6.ClH/c19-17(20)13-3-7-15(8-4-13)23-11-1-2-12-24-16-9-5-14(6-10-16)18(21)22;/h3-10,23-24H,1-2,11-12H2,(H3,19,20)(H3,21,22);1H. The van der Waals surface area contributed by atoms with Gasteiger partial charge in [-0.15, -0.1) is 12.4 Å². The summed E-state index contributed by atoms with van der Waals surface area (Å²) in [6.45, 7) is 1.79. The lowest BCUT2D eigenvalue weighted by Gasteiger charge is -2.09. The molecular formula is C18H25ClN6. The van der Waals surface area contributed by atoms with E-state index in [4.69, 9.17) is 22.3 Å². The van der Waals surface area contributed by atoms with E-state index in [1.807, 2.05) is 48.5 Å². The van der Waals surface area contributed by atoms with E-state index in [1.165, 1.54) is 0 Å². The van der Waals surface area contributed by atoms with E-state index < -0.39 is 0 Å². The quantitative estimate of drug-likeness (QED) is 0.233. The predicted octanol–water partition coefficient (Wildman–Crippen LogP) is 2.98. The first-order valence-corrected chi connectivity index (χ1v) is 7.93. The molecule has 6 nitrogen and oxygen atoms in total. The molecule has 0 atom stereocenters. The number of hydrogen-bond acceptors (Lipinski definition) is 4. The number of unbranched alkanes of at least 4 members (excludes halogenated alkanes) is 1. The zero-order chi connectivity index (χ0) is 17.4. The van der Waals surface area contributed by atoms with Gasteiger partial charge in [-0.1, -0.05) is 0 Å². The van der Waals surface area contributed by atoms with Gasteiger partial charge in [-0.25, -0.2) is 0 Å². The first-order chi connectivity index (χ1) is 11.6. The molecule has 0 fully saturated rings. The topological polar surface area (TPSA) is 124 Å². The summed E-state index contributed by atoms with van der Waals surface area (Å²) in [7, 11) is 0. The number of nitrogens with one attached hydrogen (secondary N) is 4. The number of nitrogen functional groups attached to an aromatic ring is 2. The van der Waals surface area contributed by atoms with Crippen LogP contribution in [0.3, 0.4) is 0 Å². The van der Waals surface area contributed by atoms with Crippen molar-refractivity contribution < 1.29 is 0 Å². The first kappa shape index (κ1) is 20.3. The van der Waals surface area contributed by atoms with Crippen LogP contribution in [0.4, 0.5) is 11.4 Å². The summed E-state index contributed by atoms with van der Waals surface area (Å²) in [5.74, 6) is 0.174. The van der Waals surface area contributed by atoms with Crippen molar-refractivity contribution >= 4 is 35.5 Å². The molecule has 2 rings (SSSR count). The Morgan fingerprint density at radius 2 is 1.00 bits per heavy atom. The molecule has 134 valence electrons. The van der Waals surface area contributed by atoms with Crippen LogP contribution in [0, 0.1) is 10.8 Å². The van der Waals surface area contributed by atoms with Gasteiger partial charge in [0.15, 0.2) is 0 Å². The maximum absolute atomic E-state index is 7.36. The summed E-state index contributed by atoms with van der Waals surface area (Å²) in [5, 5.41) is 21.4. The van der Waals surface area contributed by atoms with Gasteiger partial charge in [-0.05, 0) is 61.4 Å².